The van der Waals surface area contributed by atoms with Gasteiger partial charge in [-0.15, -0.1) is 0 Å². The summed E-state index contributed by atoms with van der Waals surface area (Å²) in [7, 11) is 0. The molecule has 146 valence electrons. The molecule has 4 nitrogen and oxygen atoms in total. The lowest BCUT2D eigenvalue weighted by Gasteiger charge is -2.31. The summed E-state index contributed by atoms with van der Waals surface area (Å²) in [5.74, 6) is 0.572. The zero-order valence-electron chi connectivity index (χ0n) is 14.8. The Morgan fingerprint density at radius 2 is 1.96 bits per heavy atom. The van der Waals surface area contributed by atoms with Crippen LogP contribution in [0.3, 0.4) is 0 Å². The highest BCUT2D eigenvalue weighted by Gasteiger charge is 2.32. The van der Waals surface area contributed by atoms with Crippen molar-refractivity contribution in [3.63, 3.8) is 0 Å². The van der Waals surface area contributed by atoms with Crippen molar-refractivity contribution in [1.29, 1.82) is 0 Å². The summed E-state index contributed by atoms with van der Waals surface area (Å²) in [6.07, 6.45) is -3.81. The minimum atomic E-state index is -4.47. The number of fused-ring (bicyclic) bond motifs is 3. The van der Waals surface area contributed by atoms with Gasteiger partial charge in [-0.05, 0) is 42.3 Å². The Morgan fingerprint density at radius 1 is 1.18 bits per heavy atom. The molecule has 0 unspecified atom stereocenters. The largest absolute Gasteiger partial charge is 0.473 e. The number of alkyl halides is 3. The second-order valence-corrected chi connectivity index (χ2v) is 6.91. The van der Waals surface area contributed by atoms with Crippen molar-refractivity contribution in [3.8, 4) is 5.75 Å². The van der Waals surface area contributed by atoms with Crippen LogP contribution in [0.1, 0.15) is 23.6 Å². The molecule has 3 aromatic rings. The molecule has 1 aliphatic rings. The minimum Gasteiger partial charge on any atom is -0.473 e. The monoisotopic (exact) mass is 409 g/mol. The lowest BCUT2D eigenvalue weighted by Crippen LogP contribution is -2.32. The molecule has 2 heterocycles. The van der Waals surface area contributed by atoms with Crippen molar-refractivity contribution >= 4 is 28.3 Å². The molecule has 4 rings (SSSR count). The number of aryl methyl sites for hydroxylation is 1. The number of anilines is 1. The van der Waals surface area contributed by atoms with Gasteiger partial charge in [0.2, 0.25) is 0 Å². The van der Waals surface area contributed by atoms with E-state index in [1.807, 2.05) is 19.1 Å². The first kappa shape index (κ1) is 18.7. The molecule has 1 aliphatic heterocycles. The predicted octanol–water partition coefficient (Wildman–Crippen LogP) is 5.38. The Kier molecular flexibility index (Phi) is 4.50. The quantitative estimate of drug-likeness (QED) is 0.533. The van der Waals surface area contributed by atoms with E-state index in [0.717, 1.165) is 23.1 Å². The first-order valence-electron chi connectivity index (χ1n) is 8.61. The SMILES string of the molecule is CCc1cc(=O)oc2c3c(ccc12)OCN(c1ccc(C(F)(F)F)cc1Cl)C3. The van der Waals surface area contributed by atoms with Crippen molar-refractivity contribution in [3.05, 3.63) is 68.5 Å². The molecule has 0 saturated heterocycles. The number of nitrogens with zero attached hydrogens (tertiary/aromatic N) is 1. The summed E-state index contributed by atoms with van der Waals surface area (Å²) in [5, 5.41) is 0.780. The number of ether oxygens (including phenoxy) is 1. The summed E-state index contributed by atoms with van der Waals surface area (Å²) in [4.78, 5) is 13.6. The second kappa shape index (κ2) is 6.74. The van der Waals surface area contributed by atoms with E-state index in [4.69, 9.17) is 20.8 Å². The fourth-order valence-electron chi connectivity index (χ4n) is 3.39. The van der Waals surface area contributed by atoms with Crippen LogP contribution >= 0.6 is 11.6 Å². The van der Waals surface area contributed by atoms with Crippen LogP contribution in [-0.4, -0.2) is 6.73 Å². The topological polar surface area (TPSA) is 42.7 Å². The van der Waals surface area contributed by atoms with Gasteiger partial charge in [0.1, 0.15) is 11.3 Å². The van der Waals surface area contributed by atoms with Crippen LogP contribution in [-0.2, 0) is 19.1 Å². The Hall–Kier alpha value is -2.67. The van der Waals surface area contributed by atoms with E-state index in [9.17, 15) is 18.0 Å². The molecule has 0 spiro atoms. The van der Waals surface area contributed by atoms with Crippen molar-refractivity contribution < 1.29 is 22.3 Å². The number of benzene rings is 2. The van der Waals surface area contributed by atoms with Gasteiger partial charge in [0.05, 0.1) is 28.4 Å². The molecule has 0 fully saturated rings. The molecular weight excluding hydrogens is 395 g/mol. The maximum absolute atomic E-state index is 12.9. The Bertz CT molecular complexity index is 1120. The van der Waals surface area contributed by atoms with Gasteiger partial charge in [0.25, 0.3) is 0 Å². The number of rotatable bonds is 2. The van der Waals surface area contributed by atoms with Crippen LogP contribution in [0.25, 0.3) is 11.0 Å². The zero-order valence-corrected chi connectivity index (χ0v) is 15.5. The normalized spacial score (nSPS) is 14.1. The summed E-state index contributed by atoms with van der Waals surface area (Å²) in [6, 6.07) is 8.31. The van der Waals surface area contributed by atoms with Crippen LogP contribution in [0.15, 0.2) is 45.6 Å². The highest BCUT2D eigenvalue weighted by molar-refractivity contribution is 6.33. The van der Waals surface area contributed by atoms with Crippen molar-refractivity contribution in [2.24, 2.45) is 0 Å². The van der Waals surface area contributed by atoms with Crippen LogP contribution in [0, 0.1) is 0 Å². The number of halogens is 4. The zero-order chi connectivity index (χ0) is 20.1. The summed E-state index contributed by atoms with van der Waals surface area (Å²) in [6.45, 7) is 2.34. The molecular formula is C20H15ClF3NO3. The van der Waals surface area contributed by atoms with Gasteiger partial charge in [0.15, 0.2) is 6.73 Å². The predicted molar refractivity (Wildman–Crippen MR) is 100.0 cm³/mol. The second-order valence-electron chi connectivity index (χ2n) is 6.50. The summed E-state index contributed by atoms with van der Waals surface area (Å²) < 4.78 is 49.8. The van der Waals surface area contributed by atoms with E-state index in [-0.39, 0.29) is 18.3 Å². The average Bonchev–Trinajstić information content (AvgIpc) is 2.66. The first-order chi connectivity index (χ1) is 13.3. The lowest BCUT2D eigenvalue weighted by atomic mass is 10.0. The van der Waals surface area contributed by atoms with Crippen molar-refractivity contribution in [2.45, 2.75) is 26.1 Å². The van der Waals surface area contributed by atoms with E-state index in [1.165, 1.54) is 12.1 Å². The van der Waals surface area contributed by atoms with E-state index in [1.54, 1.807) is 4.90 Å². The Morgan fingerprint density at radius 3 is 2.64 bits per heavy atom. The lowest BCUT2D eigenvalue weighted by molar-refractivity contribution is -0.137. The fraction of sp³-hybridized carbons (Fsp3) is 0.250. The fourth-order valence-corrected chi connectivity index (χ4v) is 3.69. The van der Waals surface area contributed by atoms with E-state index >= 15 is 0 Å². The molecule has 0 N–H and O–H groups in total. The van der Waals surface area contributed by atoms with Gasteiger partial charge < -0.3 is 14.1 Å². The molecule has 1 aromatic heterocycles. The summed E-state index contributed by atoms with van der Waals surface area (Å²) in [5.41, 5.74) is 1.08. The van der Waals surface area contributed by atoms with Gasteiger partial charge in [-0.2, -0.15) is 13.2 Å². The molecule has 0 aliphatic carbocycles. The Balaban J connectivity index is 1.77. The molecule has 28 heavy (non-hydrogen) atoms. The Labute approximate surface area is 163 Å². The maximum Gasteiger partial charge on any atom is 0.416 e. The highest BCUT2D eigenvalue weighted by atomic mass is 35.5. The molecule has 0 amide bonds. The van der Waals surface area contributed by atoms with Gasteiger partial charge in [-0.3, -0.25) is 0 Å². The third-order valence-corrected chi connectivity index (χ3v) is 5.08. The van der Waals surface area contributed by atoms with Crippen LogP contribution in [0.2, 0.25) is 5.02 Å². The molecule has 0 atom stereocenters. The number of hydrogen-bond donors (Lipinski definition) is 0. The van der Waals surface area contributed by atoms with E-state index < -0.39 is 17.4 Å². The highest BCUT2D eigenvalue weighted by Crippen LogP contribution is 2.39. The van der Waals surface area contributed by atoms with Gasteiger partial charge in [0, 0.05) is 11.5 Å². The smallest absolute Gasteiger partial charge is 0.416 e. The molecule has 0 saturated carbocycles. The first-order valence-corrected chi connectivity index (χ1v) is 8.99. The standard InChI is InChI=1S/C20H15ClF3NO3/c1-2-11-7-18(26)28-19-13(11)4-6-17-14(19)9-25(10-27-17)16-5-3-12(8-15(16)21)20(22,23)24/h3-8H,2,9-10H2,1H3. The average molecular weight is 410 g/mol. The third-order valence-electron chi connectivity index (χ3n) is 4.78. The van der Waals surface area contributed by atoms with Crippen LogP contribution in [0.4, 0.5) is 18.9 Å². The maximum atomic E-state index is 12.9. The van der Waals surface area contributed by atoms with Crippen molar-refractivity contribution in [2.75, 3.05) is 11.6 Å². The van der Waals surface area contributed by atoms with E-state index in [0.29, 0.717) is 29.0 Å². The number of hydrogen-bond acceptors (Lipinski definition) is 4. The van der Waals surface area contributed by atoms with Crippen LogP contribution < -0.4 is 15.3 Å². The summed E-state index contributed by atoms with van der Waals surface area (Å²) >= 11 is 6.12. The van der Waals surface area contributed by atoms with Crippen LogP contribution in [0.5, 0.6) is 5.75 Å². The molecule has 8 heteroatoms. The molecule has 0 radical (unpaired) electrons. The van der Waals surface area contributed by atoms with Crippen molar-refractivity contribution in [1.82, 2.24) is 0 Å². The molecule has 2 aromatic carbocycles. The van der Waals surface area contributed by atoms with Gasteiger partial charge in [-0.1, -0.05) is 18.5 Å². The van der Waals surface area contributed by atoms with Gasteiger partial charge >= 0.3 is 11.8 Å². The van der Waals surface area contributed by atoms with Gasteiger partial charge in [-0.25, -0.2) is 4.79 Å². The molecule has 0 bridgehead atoms. The van der Waals surface area contributed by atoms with E-state index in [2.05, 4.69) is 0 Å². The minimum absolute atomic E-state index is 0.0298. The third kappa shape index (κ3) is 3.20.